The lowest BCUT2D eigenvalue weighted by atomic mass is 9.96. The average molecular weight is 1420 g/mol. The van der Waals surface area contributed by atoms with Crippen LogP contribution in [-0.2, 0) is 135 Å². The molecule has 18 nitrogen and oxygen atoms in total. The molecule has 1 aliphatic carbocycles. The largest absolute Gasteiger partial charge is 0.509 e. The van der Waals surface area contributed by atoms with Crippen LogP contribution in [0.15, 0.2) is 255 Å². The molecular formula is C87H91NO17. The predicted molar refractivity (Wildman–Crippen MR) is 392 cm³/mol. The van der Waals surface area contributed by atoms with Crippen molar-refractivity contribution < 1.29 is 80.8 Å². The number of carbonyl (C=O) groups is 4. The third-order valence-electron chi connectivity index (χ3n) is 18.7. The van der Waals surface area contributed by atoms with Crippen LogP contribution in [0.25, 0.3) is 11.1 Å². The van der Waals surface area contributed by atoms with E-state index in [0.29, 0.717) is 32.2 Å². The number of hydrogen-bond acceptors (Lipinski definition) is 18. The van der Waals surface area contributed by atoms with Crippen LogP contribution in [0.4, 0.5) is 4.79 Å². The van der Waals surface area contributed by atoms with E-state index in [9.17, 15) is 19.2 Å². The van der Waals surface area contributed by atoms with Crippen molar-refractivity contribution in [2.24, 2.45) is 0 Å². The van der Waals surface area contributed by atoms with Crippen LogP contribution in [0.1, 0.15) is 94.7 Å². The first-order valence-electron chi connectivity index (χ1n) is 36.1. The van der Waals surface area contributed by atoms with Crippen molar-refractivity contribution in [1.29, 1.82) is 0 Å². The number of nitrogens with one attached hydrogen (secondary N) is 1. The van der Waals surface area contributed by atoms with Gasteiger partial charge in [-0.05, 0) is 99.4 Å². The molecule has 2 heterocycles. The standard InChI is InChI=1S/C87H91NO17/c1-61(89)47-48-77(90)103-79-76(60-94-53-64-32-13-4-14-33-64)102-86(82(98-56-67-38-19-7-20-39-67)81(79)105-87(92)100-58-70-43-27-45-72-71-44-24-23-42-69(71)50-73(70)72)104-83-80(97-55-66-36-17-6-18-37-66)78(96-54-65-34-15-5-16-35-65)75(59-93-52-63-30-11-3-12-31-63)101-85(83)95-49-26-25-46-74(88-51-62-28-9-2-10-29-62)84(91)99-57-68-40-21-8-22-41-68/h2-24,27-45,74-76,78-83,85-86,88H,25-26,46-60H2,1H3/t74?,75-,76-,78-,79-,80+,81+,82-,83-,85+,86-/m1/s1. The fourth-order valence-electron chi connectivity index (χ4n) is 13.2. The maximum Gasteiger partial charge on any atom is 0.509 e. The Hall–Kier alpha value is -9.54. The van der Waals surface area contributed by atoms with Crippen LogP contribution in [0.5, 0.6) is 0 Å². The number of ketones is 1. The monoisotopic (exact) mass is 1420 g/mol. The first-order chi connectivity index (χ1) is 51.6. The topological polar surface area (TPSA) is 200 Å². The minimum Gasteiger partial charge on any atom is -0.460 e. The van der Waals surface area contributed by atoms with Gasteiger partial charge in [0.05, 0.1) is 52.7 Å². The number of fused-ring (bicyclic) bond motifs is 3. The van der Waals surface area contributed by atoms with Gasteiger partial charge in [-0.3, -0.25) is 9.59 Å². The van der Waals surface area contributed by atoms with E-state index in [-0.39, 0.29) is 90.7 Å². The molecule has 0 bridgehead atoms. The lowest BCUT2D eigenvalue weighted by Crippen LogP contribution is -2.66. The molecule has 18 heteroatoms. The van der Waals surface area contributed by atoms with Gasteiger partial charge in [0.15, 0.2) is 24.8 Å². The molecule has 0 spiro atoms. The van der Waals surface area contributed by atoms with E-state index in [1.807, 2.05) is 237 Å². The Balaban J connectivity index is 0.909. The van der Waals surface area contributed by atoms with Crippen molar-refractivity contribution >= 4 is 23.9 Å². The lowest BCUT2D eigenvalue weighted by Gasteiger charge is -2.49. The van der Waals surface area contributed by atoms with Gasteiger partial charge in [0.25, 0.3) is 0 Å². The molecule has 2 fully saturated rings. The van der Waals surface area contributed by atoms with Crippen molar-refractivity contribution in [3.63, 3.8) is 0 Å². The molecule has 0 radical (unpaired) electrons. The van der Waals surface area contributed by atoms with Gasteiger partial charge in [-0.25, -0.2) is 4.79 Å². The van der Waals surface area contributed by atoms with E-state index < -0.39 is 79.6 Å². The van der Waals surface area contributed by atoms with Crippen molar-refractivity contribution in [2.75, 3.05) is 19.8 Å². The Morgan fingerprint density at radius 1 is 0.419 bits per heavy atom. The van der Waals surface area contributed by atoms with E-state index >= 15 is 0 Å². The molecule has 0 amide bonds. The SMILES string of the molecule is CC(=O)CCC(=O)O[C@H]1[C@H](OC(=O)OCc2cccc3c2Cc2ccccc2-3)[C@@H](OCc2ccccc2)[C@@H](O[C@H]2[C@@H](OCCCCC(NCc3ccccc3)C(=O)OCc3ccccc3)O[C@H](COCc3ccccc3)[C@@H](OCc3ccccc3)[C@@H]2OCc2ccccc2)O[C@@H]1COCc1ccccc1. The smallest absolute Gasteiger partial charge is 0.460 e. The first kappa shape index (κ1) is 75.2. The molecule has 546 valence electrons. The van der Waals surface area contributed by atoms with Crippen LogP contribution in [0.3, 0.4) is 0 Å². The molecule has 9 aromatic carbocycles. The van der Waals surface area contributed by atoms with Crippen LogP contribution in [0, 0.1) is 0 Å². The second-order valence-electron chi connectivity index (χ2n) is 26.4. The Kier molecular flexibility index (Phi) is 28.3. The number of unbranched alkanes of at least 4 members (excludes halogenated alkanes) is 1. The number of Topliss-reactive ketones (excluding diaryl/α,β-unsaturated/α-hetero) is 1. The molecule has 0 saturated carbocycles. The molecular weight excluding hydrogens is 1330 g/mol. The van der Waals surface area contributed by atoms with Crippen LogP contribution in [-0.4, -0.2) is 111 Å². The number of rotatable bonds is 38. The Morgan fingerprint density at radius 2 is 0.905 bits per heavy atom. The number of benzene rings is 9. The van der Waals surface area contributed by atoms with Gasteiger partial charge in [0.2, 0.25) is 0 Å². The average Bonchev–Trinajstić information content (AvgIpc) is 0.808. The summed E-state index contributed by atoms with van der Waals surface area (Å²) in [5.41, 5.74) is 11.2. The molecule has 3 aliphatic rings. The van der Waals surface area contributed by atoms with Crippen LogP contribution < -0.4 is 5.32 Å². The first-order valence-corrected chi connectivity index (χ1v) is 36.1. The predicted octanol–water partition coefficient (Wildman–Crippen LogP) is 14.7. The number of hydrogen-bond donors (Lipinski definition) is 1. The van der Waals surface area contributed by atoms with Crippen molar-refractivity contribution in [3.8, 4) is 11.1 Å². The summed E-state index contributed by atoms with van der Waals surface area (Å²) in [6.45, 7) is 2.12. The molecule has 1 N–H and O–H groups in total. The molecule has 105 heavy (non-hydrogen) atoms. The van der Waals surface area contributed by atoms with Crippen molar-refractivity contribution in [1.82, 2.24) is 5.32 Å². The fraction of sp³-hybridized carbons (Fsp3) is 0.333. The van der Waals surface area contributed by atoms with E-state index in [1.165, 1.54) is 6.92 Å². The molecule has 9 aromatic rings. The minimum absolute atomic E-state index is 0.0168. The summed E-state index contributed by atoms with van der Waals surface area (Å²) >= 11 is 0. The van der Waals surface area contributed by atoms with Crippen molar-refractivity contribution in [3.05, 3.63) is 310 Å². The zero-order valence-corrected chi connectivity index (χ0v) is 59.1. The van der Waals surface area contributed by atoms with Crippen LogP contribution in [0.2, 0.25) is 0 Å². The summed E-state index contributed by atoms with van der Waals surface area (Å²) in [6, 6.07) is 81.1. The van der Waals surface area contributed by atoms with Gasteiger partial charge < -0.3 is 71.7 Å². The van der Waals surface area contributed by atoms with Gasteiger partial charge in [0.1, 0.15) is 61.7 Å². The Labute approximate surface area is 614 Å². The van der Waals surface area contributed by atoms with Gasteiger partial charge in [-0.15, -0.1) is 0 Å². The quantitative estimate of drug-likeness (QED) is 0.0217. The summed E-state index contributed by atoms with van der Waals surface area (Å²) in [4.78, 5) is 55.8. The molecule has 2 aliphatic heterocycles. The second kappa shape index (κ2) is 39.5. The summed E-state index contributed by atoms with van der Waals surface area (Å²) in [5, 5.41) is 3.46. The van der Waals surface area contributed by atoms with Gasteiger partial charge in [-0.2, -0.15) is 0 Å². The maximum atomic E-state index is 15.0. The molecule has 11 atom stereocenters. The number of ether oxygens (including phenoxy) is 13. The highest BCUT2D eigenvalue weighted by atomic mass is 16.8. The van der Waals surface area contributed by atoms with Crippen LogP contribution >= 0.6 is 0 Å². The maximum absolute atomic E-state index is 15.0. The fourth-order valence-corrected chi connectivity index (χ4v) is 13.2. The minimum atomic E-state index is -1.56. The summed E-state index contributed by atoms with van der Waals surface area (Å²) in [6.07, 6.45) is -12.2. The van der Waals surface area contributed by atoms with E-state index in [1.54, 1.807) is 0 Å². The molecule has 0 aromatic heterocycles. The normalized spacial score (nSPS) is 20.6. The highest BCUT2D eigenvalue weighted by Gasteiger charge is 2.56. The summed E-state index contributed by atoms with van der Waals surface area (Å²) in [7, 11) is 0. The Morgan fingerprint density at radius 3 is 1.48 bits per heavy atom. The zero-order chi connectivity index (χ0) is 72.2. The summed E-state index contributed by atoms with van der Waals surface area (Å²) < 4.78 is 88.7. The Bertz CT molecular complexity index is 4110. The van der Waals surface area contributed by atoms with Gasteiger partial charge in [0, 0.05) is 19.6 Å². The molecule has 12 rings (SSSR count). The van der Waals surface area contributed by atoms with Gasteiger partial charge >= 0.3 is 18.1 Å². The third-order valence-corrected chi connectivity index (χ3v) is 18.7. The van der Waals surface area contributed by atoms with Gasteiger partial charge in [-0.1, -0.05) is 255 Å². The number of carbonyl (C=O) groups excluding carboxylic acids is 4. The van der Waals surface area contributed by atoms with E-state index in [0.717, 1.165) is 66.8 Å². The van der Waals surface area contributed by atoms with Crippen molar-refractivity contribution in [2.45, 2.75) is 166 Å². The van der Waals surface area contributed by atoms with E-state index in [4.69, 9.17) is 61.6 Å². The van der Waals surface area contributed by atoms with E-state index in [2.05, 4.69) is 23.5 Å². The zero-order valence-electron chi connectivity index (χ0n) is 59.1. The highest BCUT2D eigenvalue weighted by Crippen LogP contribution is 2.40. The lowest BCUT2D eigenvalue weighted by molar-refractivity contribution is -0.379. The highest BCUT2D eigenvalue weighted by molar-refractivity contribution is 5.81. The third kappa shape index (κ3) is 22.3. The summed E-state index contributed by atoms with van der Waals surface area (Å²) in [5.74, 6) is -1.38. The molecule has 1 unspecified atom stereocenters. The second-order valence-corrected chi connectivity index (χ2v) is 26.4. The number of esters is 2. The molecule has 2 saturated heterocycles.